The Morgan fingerprint density at radius 3 is 2.67 bits per heavy atom. The van der Waals surface area contributed by atoms with E-state index in [1.807, 2.05) is 31.2 Å². The summed E-state index contributed by atoms with van der Waals surface area (Å²) in [7, 11) is 1.63. The summed E-state index contributed by atoms with van der Waals surface area (Å²) in [6.45, 7) is 9.66. The van der Waals surface area contributed by atoms with Crippen molar-refractivity contribution in [1.82, 2.24) is 4.90 Å². The van der Waals surface area contributed by atoms with Gasteiger partial charge in [-0.3, -0.25) is 4.79 Å². The Balaban J connectivity index is 1.70. The van der Waals surface area contributed by atoms with Gasteiger partial charge in [-0.2, -0.15) is 0 Å². The number of ether oxygens (including phenoxy) is 2. The molecule has 0 N–H and O–H groups in total. The van der Waals surface area contributed by atoms with Gasteiger partial charge in [0.2, 0.25) is 0 Å². The van der Waals surface area contributed by atoms with Crippen LogP contribution in [0.25, 0.3) is 0 Å². The fraction of sp³-hybridized carbons (Fsp3) is 0.650. The van der Waals surface area contributed by atoms with Crippen LogP contribution in [-0.4, -0.2) is 36.6 Å². The average Bonchev–Trinajstić information content (AvgIpc) is 2.75. The highest BCUT2D eigenvalue weighted by atomic mass is 16.5. The van der Waals surface area contributed by atoms with E-state index in [1.165, 1.54) is 6.42 Å². The lowest BCUT2D eigenvalue weighted by atomic mass is 9.65. The minimum atomic E-state index is -0.483. The molecule has 2 fully saturated rings. The number of methoxy groups -OCH3 is 1. The largest absolute Gasteiger partial charge is 0.497 e. The summed E-state index contributed by atoms with van der Waals surface area (Å²) >= 11 is 0. The highest BCUT2D eigenvalue weighted by molar-refractivity contribution is 5.81. The van der Waals surface area contributed by atoms with E-state index >= 15 is 0 Å². The molecule has 24 heavy (non-hydrogen) atoms. The SMILES string of the molecule is COc1cccc(OC(C)C(=O)N2CC3(C)CC2CC(C)(C)C3)c1. The lowest BCUT2D eigenvalue weighted by Gasteiger charge is -2.39. The molecule has 1 saturated carbocycles. The summed E-state index contributed by atoms with van der Waals surface area (Å²) < 4.78 is 11.1. The lowest BCUT2D eigenvalue weighted by molar-refractivity contribution is -0.139. The number of fused-ring (bicyclic) bond motifs is 2. The molecule has 1 aliphatic heterocycles. The summed E-state index contributed by atoms with van der Waals surface area (Å²) in [6, 6.07) is 7.77. The van der Waals surface area contributed by atoms with E-state index in [4.69, 9.17) is 9.47 Å². The predicted molar refractivity (Wildman–Crippen MR) is 94.3 cm³/mol. The Hall–Kier alpha value is -1.71. The van der Waals surface area contributed by atoms with E-state index in [0.29, 0.717) is 17.2 Å². The Morgan fingerprint density at radius 1 is 1.25 bits per heavy atom. The maximum absolute atomic E-state index is 13.0. The van der Waals surface area contributed by atoms with Crippen molar-refractivity contribution < 1.29 is 14.3 Å². The fourth-order valence-electron chi connectivity index (χ4n) is 4.88. The third kappa shape index (κ3) is 3.38. The van der Waals surface area contributed by atoms with Gasteiger partial charge in [0, 0.05) is 18.7 Å². The number of rotatable bonds is 4. The number of carbonyl (C=O) groups is 1. The van der Waals surface area contributed by atoms with Gasteiger partial charge in [0.15, 0.2) is 6.10 Å². The molecule has 0 radical (unpaired) electrons. The van der Waals surface area contributed by atoms with Crippen molar-refractivity contribution in [3.05, 3.63) is 24.3 Å². The van der Waals surface area contributed by atoms with Crippen molar-refractivity contribution in [2.24, 2.45) is 10.8 Å². The Labute approximate surface area is 145 Å². The van der Waals surface area contributed by atoms with E-state index in [-0.39, 0.29) is 11.3 Å². The molecule has 0 spiro atoms. The van der Waals surface area contributed by atoms with Crippen LogP contribution in [0.15, 0.2) is 24.3 Å². The summed E-state index contributed by atoms with van der Waals surface area (Å²) in [6.07, 6.45) is 2.91. The van der Waals surface area contributed by atoms with E-state index in [2.05, 4.69) is 25.7 Å². The molecular weight excluding hydrogens is 302 g/mol. The zero-order chi connectivity index (χ0) is 17.5. The molecule has 1 aromatic rings. The summed E-state index contributed by atoms with van der Waals surface area (Å²) in [4.78, 5) is 15.0. The topological polar surface area (TPSA) is 38.8 Å². The zero-order valence-electron chi connectivity index (χ0n) is 15.5. The first kappa shape index (κ1) is 17.1. The smallest absolute Gasteiger partial charge is 0.263 e. The van der Waals surface area contributed by atoms with Crippen LogP contribution in [0.5, 0.6) is 11.5 Å². The third-order valence-electron chi connectivity index (χ3n) is 5.40. The average molecular weight is 331 g/mol. The van der Waals surface area contributed by atoms with Crippen LogP contribution in [0, 0.1) is 10.8 Å². The minimum Gasteiger partial charge on any atom is -0.497 e. The normalized spacial score (nSPS) is 29.2. The van der Waals surface area contributed by atoms with Gasteiger partial charge in [0.05, 0.1) is 7.11 Å². The van der Waals surface area contributed by atoms with Crippen LogP contribution in [0.1, 0.15) is 47.0 Å². The van der Waals surface area contributed by atoms with E-state index < -0.39 is 6.10 Å². The summed E-state index contributed by atoms with van der Waals surface area (Å²) in [5.41, 5.74) is 0.557. The van der Waals surface area contributed by atoms with Crippen molar-refractivity contribution in [2.75, 3.05) is 13.7 Å². The monoisotopic (exact) mass is 331 g/mol. The molecule has 4 nitrogen and oxygen atoms in total. The summed E-state index contributed by atoms with van der Waals surface area (Å²) in [5.74, 6) is 1.51. The fourth-order valence-corrected chi connectivity index (χ4v) is 4.88. The Morgan fingerprint density at radius 2 is 1.96 bits per heavy atom. The Kier molecular flexibility index (Phi) is 4.27. The zero-order valence-corrected chi connectivity index (χ0v) is 15.5. The second-order valence-electron chi connectivity index (χ2n) is 8.62. The number of benzene rings is 1. The molecule has 1 aromatic carbocycles. The van der Waals surface area contributed by atoms with Crippen molar-refractivity contribution in [3.8, 4) is 11.5 Å². The van der Waals surface area contributed by atoms with Crippen LogP contribution in [-0.2, 0) is 4.79 Å². The molecule has 3 atom stereocenters. The molecule has 3 rings (SSSR count). The molecule has 132 valence electrons. The number of hydrogen-bond donors (Lipinski definition) is 0. The van der Waals surface area contributed by atoms with Crippen LogP contribution in [0.2, 0.25) is 0 Å². The van der Waals surface area contributed by atoms with E-state index in [9.17, 15) is 4.79 Å². The minimum absolute atomic E-state index is 0.101. The van der Waals surface area contributed by atoms with Crippen LogP contribution in [0.3, 0.4) is 0 Å². The third-order valence-corrected chi connectivity index (χ3v) is 5.40. The van der Waals surface area contributed by atoms with Gasteiger partial charge in [-0.05, 0) is 49.1 Å². The summed E-state index contributed by atoms with van der Waals surface area (Å²) in [5, 5.41) is 0. The van der Waals surface area contributed by atoms with E-state index in [1.54, 1.807) is 7.11 Å². The van der Waals surface area contributed by atoms with Gasteiger partial charge in [0.25, 0.3) is 5.91 Å². The van der Waals surface area contributed by atoms with Gasteiger partial charge in [-0.15, -0.1) is 0 Å². The quantitative estimate of drug-likeness (QED) is 0.840. The first-order chi connectivity index (χ1) is 11.2. The Bertz CT molecular complexity index is 627. The number of carbonyl (C=O) groups excluding carboxylic acids is 1. The first-order valence-electron chi connectivity index (χ1n) is 8.83. The molecule has 1 aliphatic carbocycles. The second-order valence-corrected chi connectivity index (χ2v) is 8.62. The van der Waals surface area contributed by atoms with E-state index in [0.717, 1.165) is 25.1 Å². The molecular formula is C20H29NO3. The molecule has 1 amide bonds. The van der Waals surface area contributed by atoms with Crippen LogP contribution >= 0.6 is 0 Å². The molecule has 1 saturated heterocycles. The number of likely N-dealkylation sites (tertiary alicyclic amines) is 1. The number of nitrogens with zero attached hydrogens (tertiary/aromatic N) is 1. The van der Waals surface area contributed by atoms with Crippen molar-refractivity contribution >= 4 is 5.91 Å². The van der Waals surface area contributed by atoms with Crippen LogP contribution in [0.4, 0.5) is 0 Å². The highest BCUT2D eigenvalue weighted by Gasteiger charge is 2.51. The molecule has 3 unspecified atom stereocenters. The predicted octanol–water partition coefficient (Wildman–Crippen LogP) is 3.89. The maximum atomic E-state index is 13.0. The van der Waals surface area contributed by atoms with Gasteiger partial charge >= 0.3 is 0 Å². The van der Waals surface area contributed by atoms with Gasteiger partial charge in [-0.1, -0.05) is 26.8 Å². The highest BCUT2D eigenvalue weighted by Crippen LogP contribution is 2.52. The van der Waals surface area contributed by atoms with Crippen LogP contribution < -0.4 is 9.47 Å². The number of amides is 1. The van der Waals surface area contributed by atoms with Gasteiger partial charge < -0.3 is 14.4 Å². The maximum Gasteiger partial charge on any atom is 0.263 e. The number of hydrogen-bond acceptors (Lipinski definition) is 3. The molecule has 2 aliphatic rings. The lowest BCUT2D eigenvalue weighted by Crippen LogP contribution is -2.44. The molecule has 4 heteroatoms. The van der Waals surface area contributed by atoms with Crippen molar-refractivity contribution in [2.45, 2.75) is 59.1 Å². The second kappa shape index (κ2) is 5.98. The standard InChI is InChI=1S/C20H29NO3/c1-14(24-17-8-6-7-16(9-17)23-5)18(22)21-13-20(4)11-15(21)10-19(2,3)12-20/h6-9,14-15H,10-13H2,1-5H3. The van der Waals surface area contributed by atoms with Crippen molar-refractivity contribution in [1.29, 1.82) is 0 Å². The van der Waals surface area contributed by atoms with Gasteiger partial charge in [-0.25, -0.2) is 0 Å². The first-order valence-corrected chi connectivity index (χ1v) is 8.83. The molecule has 1 heterocycles. The molecule has 0 aromatic heterocycles. The van der Waals surface area contributed by atoms with Gasteiger partial charge in [0.1, 0.15) is 11.5 Å². The van der Waals surface area contributed by atoms with Crippen molar-refractivity contribution in [3.63, 3.8) is 0 Å². The molecule has 2 bridgehead atoms.